The Kier molecular flexibility index (Phi) is 19.2. The van der Waals surface area contributed by atoms with Crippen molar-refractivity contribution < 1.29 is 54.7 Å². The molecule has 0 saturated heterocycles. The fraction of sp³-hybridized carbons (Fsp3) is 0.143. The molecule has 43 heavy (non-hydrogen) atoms. The van der Waals surface area contributed by atoms with Crippen LogP contribution < -0.4 is 0 Å². The van der Waals surface area contributed by atoms with E-state index in [0.29, 0.717) is 22.8 Å². The Morgan fingerprint density at radius 1 is 0.488 bits per heavy atom. The molecule has 4 N–H and O–H groups in total. The van der Waals surface area contributed by atoms with Gasteiger partial charge >= 0.3 is 58.4 Å². The number of halogens is 2. The molecule has 0 bridgehead atoms. The van der Waals surface area contributed by atoms with Crippen LogP contribution in [0.5, 0.6) is 0 Å². The number of carboxylic acids is 4. The first-order valence-electron chi connectivity index (χ1n) is 12.2. The fourth-order valence-corrected chi connectivity index (χ4v) is 2.81. The van der Waals surface area contributed by atoms with Crippen molar-refractivity contribution in [3.8, 4) is 22.8 Å². The first-order valence-corrected chi connectivity index (χ1v) is 16.7. The molecule has 12 nitrogen and oxygen atoms in total. The standard InChI is InChI=1S/2C12H8N2O4.2C2H6.2ClH.Ru/c2*15-11(16)7-1-3-13-9(5-7)10-6-8(12(17)18)2-4-14-10;2*1-2;;;/h2*1-6H,(H,15,16)(H,17,18);2*1-2H3;2*1H;/q;;;;;;+2/p-2. The second-order valence-corrected chi connectivity index (χ2v) is 9.63. The van der Waals surface area contributed by atoms with Crippen molar-refractivity contribution in [2.45, 2.75) is 27.7 Å². The molecule has 15 heteroatoms. The van der Waals surface area contributed by atoms with Gasteiger partial charge in [0.2, 0.25) is 0 Å². The summed E-state index contributed by atoms with van der Waals surface area (Å²) in [7, 11) is 9.71. The van der Waals surface area contributed by atoms with Gasteiger partial charge in [0, 0.05) is 24.8 Å². The van der Waals surface area contributed by atoms with Crippen LogP contribution in [0, 0.1) is 0 Å². The quantitative estimate of drug-likeness (QED) is 0.158. The van der Waals surface area contributed by atoms with E-state index in [0.717, 1.165) is 0 Å². The summed E-state index contributed by atoms with van der Waals surface area (Å²) in [6.45, 7) is 8.00. The number of hydrogen-bond donors (Lipinski definition) is 4. The van der Waals surface area contributed by atoms with E-state index in [1.165, 1.54) is 73.3 Å². The van der Waals surface area contributed by atoms with E-state index < -0.39 is 23.9 Å². The summed E-state index contributed by atoms with van der Waals surface area (Å²) in [5, 5.41) is 35.4. The molecule has 0 aromatic carbocycles. The molecule has 0 aliphatic heterocycles. The van der Waals surface area contributed by atoms with Crippen molar-refractivity contribution in [1.29, 1.82) is 0 Å². The van der Waals surface area contributed by atoms with Crippen LogP contribution in [0.3, 0.4) is 0 Å². The summed E-state index contributed by atoms with van der Waals surface area (Å²) in [5.74, 6) is -4.30. The summed E-state index contributed by atoms with van der Waals surface area (Å²) in [6.07, 6.45) is 5.36. The molecular formula is C28H28Cl2N4O8Ru. The fourth-order valence-electron chi connectivity index (χ4n) is 2.81. The number of carboxylic acid groups (broad SMARTS) is 4. The maximum absolute atomic E-state index is 10.8. The van der Waals surface area contributed by atoms with Crippen molar-refractivity contribution in [3.63, 3.8) is 0 Å². The Hall–Kier alpha value is -4.32. The van der Waals surface area contributed by atoms with Gasteiger partial charge in [0.1, 0.15) is 0 Å². The monoisotopic (exact) mass is 720 g/mol. The summed E-state index contributed by atoms with van der Waals surface area (Å²) in [5.41, 5.74) is 1.56. The molecule has 4 heterocycles. The number of hydrogen-bond acceptors (Lipinski definition) is 8. The van der Waals surface area contributed by atoms with Gasteiger partial charge in [-0.3, -0.25) is 19.9 Å². The van der Waals surface area contributed by atoms with Crippen LogP contribution in [0.1, 0.15) is 69.1 Å². The molecule has 0 aliphatic rings. The second-order valence-electron chi connectivity index (χ2n) is 6.99. The summed E-state index contributed by atoms with van der Waals surface area (Å²) < 4.78 is 0. The molecule has 230 valence electrons. The van der Waals surface area contributed by atoms with Crippen LogP contribution in [0.2, 0.25) is 0 Å². The van der Waals surface area contributed by atoms with Gasteiger partial charge in [0.25, 0.3) is 0 Å². The molecule has 0 aliphatic carbocycles. The molecule has 0 spiro atoms. The van der Waals surface area contributed by atoms with Crippen LogP contribution in [0.25, 0.3) is 22.8 Å². The van der Waals surface area contributed by atoms with E-state index >= 15 is 0 Å². The third-order valence-corrected chi connectivity index (χ3v) is 4.55. The minimum absolute atomic E-state index is 0.0718. The molecule has 0 fully saturated rings. The third kappa shape index (κ3) is 13.5. The Balaban J connectivity index is 0.000000680. The number of pyridine rings is 4. The van der Waals surface area contributed by atoms with Crippen molar-refractivity contribution in [2.24, 2.45) is 0 Å². The molecule has 4 rings (SSSR count). The normalized spacial score (nSPS) is 9.16. The molecule has 0 radical (unpaired) electrons. The first-order chi connectivity index (χ1) is 20.6. The summed E-state index contributed by atoms with van der Waals surface area (Å²) >= 11 is -0.346. The minimum atomic E-state index is -1.08. The van der Waals surface area contributed by atoms with Gasteiger partial charge in [-0.15, -0.1) is 0 Å². The van der Waals surface area contributed by atoms with E-state index in [4.69, 9.17) is 39.8 Å². The first kappa shape index (κ1) is 38.7. The average Bonchev–Trinajstić information content (AvgIpc) is 3.04. The van der Waals surface area contributed by atoms with E-state index in [9.17, 15) is 19.2 Å². The Labute approximate surface area is 263 Å². The Bertz CT molecular complexity index is 1290. The van der Waals surface area contributed by atoms with Gasteiger partial charge in [-0.2, -0.15) is 0 Å². The van der Waals surface area contributed by atoms with Gasteiger partial charge in [-0.25, -0.2) is 19.2 Å². The predicted octanol–water partition coefficient (Wildman–Crippen LogP) is 6.51. The van der Waals surface area contributed by atoms with E-state index in [1.54, 1.807) is 0 Å². The SMILES string of the molecule is CC.CC.O=C(O)c1ccnc(-c2cc(C(=O)O)ccn2)c1.O=C(O)c1ccnc(-c2cc(C(=O)O)ccn2)c1.[Cl][Ru][Cl]. The van der Waals surface area contributed by atoms with E-state index in [1.807, 2.05) is 27.7 Å². The van der Waals surface area contributed by atoms with Crippen LogP contribution in [-0.2, 0) is 15.1 Å². The number of rotatable bonds is 6. The van der Waals surface area contributed by atoms with Crippen molar-refractivity contribution >= 4 is 43.3 Å². The zero-order valence-electron chi connectivity index (χ0n) is 23.2. The molecule has 0 saturated carbocycles. The second kappa shape index (κ2) is 21.4. The Morgan fingerprint density at radius 3 is 0.791 bits per heavy atom. The van der Waals surface area contributed by atoms with Crippen molar-refractivity contribution in [3.05, 3.63) is 95.6 Å². The molecule has 0 unspecified atom stereocenters. The van der Waals surface area contributed by atoms with Crippen molar-refractivity contribution in [1.82, 2.24) is 19.9 Å². The van der Waals surface area contributed by atoms with Crippen molar-refractivity contribution in [2.75, 3.05) is 0 Å². The van der Waals surface area contributed by atoms with Gasteiger partial charge in [0.15, 0.2) is 0 Å². The molecule has 4 aromatic rings. The zero-order chi connectivity index (χ0) is 32.9. The number of nitrogens with zero attached hydrogens (tertiary/aromatic N) is 4. The summed E-state index contributed by atoms with van der Waals surface area (Å²) in [6, 6.07) is 10.8. The van der Waals surface area contributed by atoms with Gasteiger partial charge < -0.3 is 20.4 Å². The topological polar surface area (TPSA) is 201 Å². The number of aromatic carboxylic acids is 4. The number of carbonyl (C=O) groups is 4. The van der Waals surface area contributed by atoms with E-state index in [2.05, 4.69) is 19.9 Å². The Morgan fingerprint density at radius 2 is 0.651 bits per heavy atom. The predicted molar refractivity (Wildman–Crippen MR) is 157 cm³/mol. The van der Waals surface area contributed by atoms with Crippen LogP contribution >= 0.6 is 19.4 Å². The molecular weight excluding hydrogens is 692 g/mol. The van der Waals surface area contributed by atoms with Crippen LogP contribution in [0.15, 0.2) is 73.3 Å². The zero-order valence-corrected chi connectivity index (χ0v) is 26.5. The van der Waals surface area contributed by atoms with Gasteiger partial charge in [-0.05, 0) is 48.5 Å². The molecule has 0 amide bonds. The van der Waals surface area contributed by atoms with E-state index in [-0.39, 0.29) is 37.4 Å². The average molecular weight is 721 g/mol. The number of aromatic nitrogens is 4. The summed E-state index contributed by atoms with van der Waals surface area (Å²) in [4.78, 5) is 59.2. The molecule has 4 aromatic heterocycles. The van der Waals surface area contributed by atoms with Gasteiger partial charge in [0.05, 0.1) is 45.0 Å². The third-order valence-electron chi connectivity index (χ3n) is 4.55. The maximum atomic E-state index is 10.8. The molecule has 0 atom stereocenters. The van der Waals surface area contributed by atoms with Crippen LogP contribution in [-0.4, -0.2) is 64.2 Å². The van der Waals surface area contributed by atoms with Gasteiger partial charge in [-0.1, -0.05) is 27.7 Å². The van der Waals surface area contributed by atoms with Crippen LogP contribution in [0.4, 0.5) is 0 Å².